The van der Waals surface area contributed by atoms with Crippen molar-refractivity contribution < 1.29 is 29.7 Å². The minimum Gasteiger partial charge on any atom is -0.550 e. The number of aliphatic carboxylic acids is 3. The predicted molar refractivity (Wildman–Crippen MR) is 197 cm³/mol. The standard InChI is InChI=1S/2C18H36O2.C4H6O2.Mg/c2*1-2-3-4-5-6-7-8-9-10-11-12-13-14-15-16-17-18(19)20;1-3(2)4(5)6;/h2*2-17H2,1H3,(H,19,20);1H2,2H3,(H,5,6);/q;;;+2/p-2. The van der Waals surface area contributed by atoms with Gasteiger partial charge in [-0.3, -0.25) is 0 Å². The van der Waals surface area contributed by atoms with Gasteiger partial charge in [0.2, 0.25) is 0 Å². The Hall–Kier alpha value is -1.08. The summed E-state index contributed by atoms with van der Waals surface area (Å²) in [6, 6.07) is 0. The average molecular weight is 677 g/mol. The summed E-state index contributed by atoms with van der Waals surface area (Å²) in [5, 5.41) is 28.3. The topological polar surface area (TPSA) is 118 Å². The Balaban J connectivity index is -0.000000329. The van der Waals surface area contributed by atoms with Crippen LogP contribution in [0.25, 0.3) is 0 Å². The Labute approximate surface area is 307 Å². The van der Waals surface area contributed by atoms with Crippen LogP contribution in [-0.2, 0) is 14.4 Å². The van der Waals surface area contributed by atoms with Gasteiger partial charge in [-0.2, -0.15) is 0 Å². The zero-order valence-electron chi connectivity index (χ0n) is 31.5. The molecule has 0 rings (SSSR count). The maximum absolute atomic E-state index is 10.2. The third-order valence-corrected chi connectivity index (χ3v) is 8.33. The van der Waals surface area contributed by atoms with Gasteiger partial charge < -0.3 is 24.9 Å². The number of unbranched alkanes of at least 4 members (excludes halogenated alkanes) is 28. The fourth-order valence-corrected chi connectivity index (χ4v) is 5.28. The predicted octanol–water partition coefficient (Wildman–Crippen LogP) is 10.3. The molecule has 0 aliphatic carbocycles. The SMILES string of the molecule is C=C(C)C(=O)O.CCCCCCCCCCCCCCCCCC(=O)[O-].CCCCCCCCCCCCCCCCCC(=O)[O-].[Mg+2]. The molecule has 0 bridgehead atoms. The zero-order chi connectivity index (χ0) is 34.9. The first-order valence-corrected chi connectivity index (χ1v) is 19.5. The van der Waals surface area contributed by atoms with E-state index in [1.54, 1.807) is 0 Å². The van der Waals surface area contributed by atoms with Crippen molar-refractivity contribution in [3.63, 3.8) is 0 Å². The fraction of sp³-hybridized carbons (Fsp3) is 0.875. The number of carboxylic acid groups (broad SMARTS) is 3. The first kappa shape index (κ1) is 52.7. The average Bonchev–Trinajstić information content (AvgIpc) is 3.01. The molecule has 7 heteroatoms. The molecule has 0 amide bonds. The van der Waals surface area contributed by atoms with Gasteiger partial charge in [0.1, 0.15) is 0 Å². The number of carbonyl (C=O) groups excluding carboxylic acids is 2. The van der Waals surface area contributed by atoms with E-state index in [1.807, 2.05) is 0 Å². The van der Waals surface area contributed by atoms with Gasteiger partial charge in [-0.05, 0) is 32.6 Å². The number of rotatable bonds is 33. The number of carbonyl (C=O) groups is 3. The van der Waals surface area contributed by atoms with Crippen molar-refractivity contribution in [1.82, 2.24) is 0 Å². The molecule has 0 saturated heterocycles. The normalized spacial score (nSPS) is 10.2. The molecule has 0 heterocycles. The van der Waals surface area contributed by atoms with Gasteiger partial charge in [0, 0.05) is 17.5 Å². The van der Waals surface area contributed by atoms with E-state index in [9.17, 15) is 24.6 Å². The van der Waals surface area contributed by atoms with Crippen molar-refractivity contribution in [2.24, 2.45) is 0 Å². The van der Waals surface area contributed by atoms with Crippen molar-refractivity contribution in [3.8, 4) is 0 Å². The van der Waals surface area contributed by atoms with Gasteiger partial charge in [0.25, 0.3) is 0 Å². The molecule has 0 radical (unpaired) electrons. The van der Waals surface area contributed by atoms with Crippen LogP contribution in [0.1, 0.15) is 226 Å². The van der Waals surface area contributed by atoms with Gasteiger partial charge in [0.05, 0.1) is 0 Å². The number of hydrogen-bond acceptors (Lipinski definition) is 5. The molecular weight excluding hydrogens is 601 g/mol. The quantitative estimate of drug-likeness (QED) is 0.0420. The maximum Gasteiger partial charge on any atom is 2.00 e. The van der Waals surface area contributed by atoms with E-state index in [0.717, 1.165) is 25.7 Å². The van der Waals surface area contributed by atoms with Crippen molar-refractivity contribution in [2.75, 3.05) is 0 Å². The van der Waals surface area contributed by atoms with Gasteiger partial charge in [0.15, 0.2) is 0 Å². The Bertz CT molecular complexity index is 611. The summed E-state index contributed by atoms with van der Waals surface area (Å²) in [5.74, 6) is -2.74. The summed E-state index contributed by atoms with van der Waals surface area (Å²) in [4.78, 5) is 30.0. The molecule has 0 aromatic carbocycles. The molecule has 0 fully saturated rings. The van der Waals surface area contributed by atoms with Crippen molar-refractivity contribution in [1.29, 1.82) is 0 Å². The second-order valence-electron chi connectivity index (χ2n) is 13.2. The Morgan fingerprint density at radius 2 is 0.574 bits per heavy atom. The van der Waals surface area contributed by atoms with Crippen molar-refractivity contribution >= 4 is 41.0 Å². The second-order valence-corrected chi connectivity index (χ2v) is 13.2. The van der Waals surface area contributed by atoms with Gasteiger partial charge in [-0.15, -0.1) is 0 Å². The minimum absolute atomic E-state index is 0. The summed E-state index contributed by atoms with van der Waals surface area (Å²) < 4.78 is 0. The Morgan fingerprint density at radius 1 is 0.426 bits per heavy atom. The molecule has 0 unspecified atom stereocenters. The summed E-state index contributed by atoms with van der Waals surface area (Å²) in [6.45, 7) is 9.14. The van der Waals surface area contributed by atoms with Crippen molar-refractivity contribution in [2.45, 2.75) is 226 Å². The van der Waals surface area contributed by atoms with E-state index in [2.05, 4.69) is 20.4 Å². The minimum atomic E-state index is -0.935. The van der Waals surface area contributed by atoms with Crippen LogP contribution in [0.4, 0.5) is 0 Å². The van der Waals surface area contributed by atoms with E-state index >= 15 is 0 Å². The van der Waals surface area contributed by atoms with E-state index in [1.165, 1.54) is 174 Å². The van der Waals surface area contributed by atoms with E-state index in [0.29, 0.717) is 0 Å². The van der Waals surface area contributed by atoms with E-state index < -0.39 is 17.9 Å². The number of carboxylic acids is 3. The molecule has 47 heavy (non-hydrogen) atoms. The summed E-state index contributed by atoms with van der Waals surface area (Å²) in [6.07, 6.45) is 39.7. The van der Waals surface area contributed by atoms with Crippen LogP contribution in [0.2, 0.25) is 0 Å². The third kappa shape index (κ3) is 60.7. The first-order valence-electron chi connectivity index (χ1n) is 19.5. The molecule has 0 aromatic heterocycles. The van der Waals surface area contributed by atoms with Crippen LogP contribution in [0.5, 0.6) is 0 Å². The second kappa shape index (κ2) is 47.0. The summed E-state index contributed by atoms with van der Waals surface area (Å²) >= 11 is 0. The molecule has 0 aliphatic heterocycles. The molecule has 0 atom stereocenters. The largest absolute Gasteiger partial charge is 2.00 e. The van der Waals surface area contributed by atoms with Crippen LogP contribution < -0.4 is 10.2 Å². The molecule has 1 N–H and O–H groups in total. The van der Waals surface area contributed by atoms with E-state index in [4.69, 9.17) is 5.11 Å². The van der Waals surface area contributed by atoms with Crippen LogP contribution in [0.3, 0.4) is 0 Å². The molecule has 0 spiro atoms. The Kier molecular flexibility index (Phi) is 52.8. The molecule has 0 saturated carbocycles. The maximum atomic E-state index is 10.2. The van der Waals surface area contributed by atoms with Crippen molar-refractivity contribution in [3.05, 3.63) is 12.2 Å². The summed E-state index contributed by atoms with van der Waals surface area (Å²) in [5.41, 5.74) is 0.176. The van der Waals surface area contributed by atoms with Crippen LogP contribution >= 0.6 is 0 Å². The fourth-order valence-electron chi connectivity index (χ4n) is 5.28. The zero-order valence-corrected chi connectivity index (χ0v) is 32.9. The van der Waals surface area contributed by atoms with Crippen LogP contribution in [0, 0.1) is 0 Å². The van der Waals surface area contributed by atoms with Crippen LogP contribution in [0.15, 0.2) is 12.2 Å². The third-order valence-electron chi connectivity index (χ3n) is 8.33. The van der Waals surface area contributed by atoms with E-state index in [-0.39, 0.29) is 41.5 Å². The molecular formula is C40H76MgO6. The smallest absolute Gasteiger partial charge is 0.550 e. The molecule has 6 nitrogen and oxygen atoms in total. The van der Waals surface area contributed by atoms with Crippen LogP contribution in [-0.4, -0.2) is 46.1 Å². The first-order chi connectivity index (χ1) is 22.2. The molecule has 274 valence electrons. The van der Waals surface area contributed by atoms with Gasteiger partial charge in [-0.1, -0.05) is 200 Å². The monoisotopic (exact) mass is 677 g/mol. The summed E-state index contributed by atoms with van der Waals surface area (Å²) in [7, 11) is 0. The Morgan fingerprint density at radius 3 is 0.702 bits per heavy atom. The molecule has 0 aromatic rings. The van der Waals surface area contributed by atoms with Gasteiger partial charge in [-0.25, -0.2) is 4.79 Å². The molecule has 0 aliphatic rings. The number of hydrogen-bond donors (Lipinski definition) is 1. The van der Waals surface area contributed by atoms with Gasteiger partial charge >= 0.3 is 29.0 Å².